The van der Waals surface area contributed by atoms with Crippen molar-refractivity contribution >= 4 is 12.1 Å². The van der Waals surface area contributed by atoms with Crippen LogP contribution in [0.25, 0.3) is 0 Å². The number of methoxy groups -OCH3 is 1. The molecule has 1 aliphatic rings. The van der Waals surface area contributed by atoms with Crippen LogP contribution in [0.3, 0.4) is 0 Å². The van der Waals surface area contributed by atoms with E-state index >= 15 is 0 Å². The quantitative estimate of drug-likeness (QED) is 0.604. The van der Waals surface area contributed by atoms with Crippen LogP contribution < -0.4 is 14.8 Å². The van der Waals surface area contributed by atoms with Crippen molar-refractivity contribution in [3.05, 3.63) is 23.8 Å². The van der Waals surface area contributed by atoms with Gasteiger partial charge in [0.2, 0.25) is 0 Å². The highest BCUT2D eigenvalue weighted by Gasteiger charge is 2.24. The minimum atomic E-state index is -1.14. The Morgan fingerprint density at radius 3 is 2.42 bits per heavy atom. The summed E-state index contributed by atoms with van der Waals surface area (Å²) in [5, 5.41) is 11.9. The van der Waals surface area contributed by atoms with E-state index in [9.17, 15) is 14.7 Å². The zero-order valence-electron chi connectivity index (χ0n) is 19.1. The van der Waals surface area contributed by atoms with Crippen molar-refractivity contribution < 1.29 is 28.9 Å². The number of amides is 1. The van der Waals surface area contributed by atoms with Gasteiger partial charge in [-0.15, -0.1) is 0 Å². The largest absolute Gasteiger partial charge is 0.493 e. The lowest BCUT2D eigenvalue weighted by Gasteiger charge is -2.32. The van der Waals surface area contributed by atoms with E-state index in [0.717, 1.165) is 32.7 Å². The second-order valence-electron chi connectivity index (χ2n) is 8.72. The fourth-order valence-electron chi connectivity index (χ4n) is 3.20. The fraction of sp³-hybridized carbons (Fsp3) is 0.636. The summed E-state index contributed by atoms with van der Waals surface area (Å²) >= 11 is 0. The Morgan fingerprint density at radius 2 is 1.84 bits per heavy atom. The van der Waals surface area contributed by atoms with Crippen LogP contribution in [0.1, 0.15) is 26.3 Å². The van der Waals surface area contributed by atoms with Gasteiger partial charge in [0.05, 0.1) is 7.11 Å². The number of piperazine rings is 1. The molecule has 9 nitrogen and oxygen atoms in total. The van der Waals surface area contributed by atoms with Gasteiger partial charge in [0, 0.05) is 39.1 Å². The molecular formula is C22H35N3O6. The van der Waals surface area contributed by atoms with Crippen LogP contribution in [-0.4, -0.2) is 92.1 Å². The van der Waals surface area contributed by atoms with Crippen molar-refractivity contribution in [1.82, 2.24) is 15.1 Å². The molecule has 2 rings (SSSR count). The summed E-state index contributed by atoms with van der Waals surface area (Å²) in [5.74, 6) is -0.0121. The Kier molecular flexibility index (Phi) is 8.94. The highest BCUT2D eigenvalue weighted by molar-refractivity contribution is 5.80. The minimum absolute atomic E-state index is 0.0898. The lowest BCUT2D eigenvalue weighted by atomic mass is 10.1. The van der Waals surface area contributed by atoms with Crippen LogP contribution >= 0.6 is 0 Å². The maximum Gasteiger partial charge on any atom is 0.408 e. The first-order valence-corrected chi connectivity index (χ1v) is 10.5. The van der Waals surface area contributed by atoms with Crippen LogP contribution in [-0.2, 0) is 16.0 Å². The minimum Gasteiger partial charge on any atom is -0.493 e. The Balaban J connectivity index is 1.94. The lowest BCUT2D eigenvalue weighted by Crippen LogP contribution is -2.45. The summed E-state index contributed by atoms with van der Waals surface area (Å²) in [5.41, 5.74) is -0.00819. The third-order valence-electron chi connectivity index (χ3n) is 4.92. The van der Waals surface area contributed by atoms with Gasteiger partial charge in [-0.25, -0.2) is 9.59 Å². The van der Waals surface area contributed by atoms with Crippen molar-refractivity contribution in [1.29, 1.82) is 0 Å². The number of nitrogens with one attached hydrogen (secondary N) is 1. The fourth-order valence-corrected chi connectivity index (χ4v) is 3.20. The average Bonchev–Trinajstić information content (AvgIpc) is 2.68. The lowest BCUT2D eigenvalue weighted by molar-refractivity contribution is -0.139. The topological polar surface area (TPSA) is 101 Å². The van der Waals surface area contributed by atoms with Gasteiger partial charge in [0.1, 0.15) is 18.2 Å². The van der Waals surface area contributed by atoms with Gasteiger partial charge in [0.15, 0.2) is 11.5 Å². The molecule has 174 valence electrons. The summed E-state index contributed by atoms with van der Waals surface area (Å²) in [6.07, 6.45) is -0.678. The molecule has 1 aromatic carbocycles. The van der Waals surface area contributed by atoms with E-state index in [1.165, 1.54) is 0 Å². The van der Waals surface area contributed by atoms with Gasteiger partial charge in [0.25, 0.3) is 0 Å². The number of alkyl carbamates (subject to hydrolysis) is 1. The molecule has 1 unspecified atom stereocenters. The first-order chi connectivity index (χ1) is 14.6. The van der Waals surface area contributed by atoms with Crippen LogP contribution in [0, 0.1) is 0 Å². The Hall–Kier alpha value is -2.52. The Bertz CT molecular complexity index is 741. The first-order valence-electron chi connectivity index (χ1n) is 10.5. The van der Waals surface area contributed by atoms with Gasteiger partial charge in [-0.1, -0.05) is 6.07 Å². The third-order valence-corrected chi connectivity index (χ3v) is 4.92. The molecule has 0 bridgehead atoms. The van der Waals surface area contributed by atoms with E-state index in [1.54, 1.807) is 46.1 Å². The Morgan fingerprint density at radius 1 is 1.16 bits per heavy atom. The molecule has 1 saturated heterocycles. The predicted molar refractivity (Wildman–Crippen MR) is 117 cm³/mol. The molecule has 1 fully saturated rings. The summed E-state index contributed by atoms with van der Waals surface area (Å²) < 4.78 is 16.5. The number of hydrogen-bond acceptors (Lipinski definition) is 7. The number of aliphatic carboxylic acids is 1. The summed E-state index contributed by atoms with van der Waals surface area (Å²) in [6.45, 7) is 10.7. The second-order valence-corrected chi connectivity index (χ2v) is 8.72. The zero-order chi connectivity index (χ0) is 23.0. The van der Waals surface area contributed by atoms with E-state index < -0.39 is 23.7 Å². The van der Waals surface area contributed by atoms with Crippen LogP contribution in [0.5, 0.6) is 11.5 Å². The van der Waals surface area contributed by atoms with Crippen molar-refractivity contribution in [3.63, 3.8) is 0 Å². The molecular weight excluding hydrogens is 402 g/mol. The maximum atomic E-state index is 12.0. The highest BCUT2D eigenvalue weighted by Crippen LogP contribution is 2.28. The summed E-state index contributed by atoms with van der Waals surface area (Å²) in [6, 6.07) is 4.16. The molecule has 9 heteroatoms. The standard InChI is InChI=1S/C22H35N3O6/c1-22(2,3)31-21(28)23-17(20(26)27)14-16-6-7-18(19(15-16)29-5)30-13-12-25-10-8-24(4)9-11-25/h6-7,15,17H,8-14H2,1-5H3,(H,23,28)(H,26,27). The van der Waals surface area contributed by atoms with E-state index in [-0.39, 0.29) is 6.42 Å². The number of ether oxygens (including phenoxy) is 3. The zero-order valence-corrected chi connectivity index (χ0v) is 19.1. The van der Waals surface area contributed by atoms with Crippen LogP contribution in [0.4, 0.5) is 4.79 Å². The van der Waals surface area contributed by atoms with Gasteiger partial charge >= 0.3 is 12.1 Å². The van der Waals surface area contributed by atoms with Crippen LogP contribution in [0.15, 0.2) is 18.2 Å². The number of likely N-dealkylation sites (N-methyl/N-ethyl adjacent to an activating group) is 1. The van der Waals surface area contributed by atoms with Crippen molar-refractivity contribution in [2.45, 2.75) is 38.8 Å². The van der Waals surface area contributed by atoms with Crippen molar-refractivity contribution in [2.24, 2.45) is 0 Å². The smallest absolute Gasteiger partial charge is 0.408 e. The number of carboxylic acids is 1. The van der Waals surface area contributed by atoms with Crippen LogP contribution in [0.2, 0.25) is 0 Å². The SMILES string of the molecule is COc1cc(CC(NC(=O)OC(C)(C)C)C(=O)O)ccc1OCCN1CCN(C)CC1. The number of benzene rings is 1. The molecule has 1 aliphatic heterocycles. The first kappa shape index (κ1) is 24.7. The molecule has 1 heterocycles. The number of carbonyl (C=O) groups is 2. The number of nitrogens with zero attached hydrogens (tertiary/aromatic N) is 2. The Labute approximate surface area is 184 Å². The molecule has 0 saturated carbocycles. The highest BCUT2D eigenvalue weighted by atomic mass is 16.6. The molecule has 2 N–H and O–H groups in total. The van der Waals surface area contributed by atoms with Gasteiger partial charge in [-0.2, -0.15) is 0 Å². The number of carboxylic acid groups (broad SMARTS) is 1. The third kappa shape index (κ3) is 8.63. The van der Waals surface area contributed by atoms with Gasteiger partial charge in [-0.05, 0) is 45.5 Å². The number of hydrogen-bond donors (Lipinski definition) is 2. The van der Waals surface area contributed by atoms with E-state index in [4.69, 9.17) is 14.2 Å². The molecule has 0 aromatic heterocycles. The predicted octanol–water partition coefficient (Wildman–Crippen LogP) is 1.84. The molecule has 1 atom stereocenters. The average molecular weight is 438 g/mol. The van der Waals surface area contributed by atoms with Crippen molar-refractivity contribution in [2.75, 3.05) is 53.5 Å². The van der Waals surface area contributed by atoms with Gasteiger partial charge in [-0.3, -0.25) is 4.90 Å². The molecule has 0 radical (unpaired) electrons. The normalized spacial score (nSPS) is 16.4. The number of rotatable bonds is 9. The van der Waals surface area contributed by atoms with Gasteiger partial charge < -0.3 is 29.5 Å². The second kappa shape index (κ2) is 11.2. The van der Waals surface area contributed by atoms with Crippen molar-refractivity contribution in [3.8, 4) is 11.5 Å². The maximum absolute atomic E-state index is 12.0. The molecule has 1 amide bonds. The molecule has 1 aromatic rings. The molecule has 0 aliphatic carbocycles. The summed E-state index contributed by atoms with van der Waals surface area (Å²) in [7, 11) is 3.66. The van der Waals surface area contributed by atoms with E-state index in [0.29, 0.717) is 23.7 Å². The summed E-state index contributed by atoms with van der Waals surface area (Å²) in [4.78, 5) is 28.2. The molecule has 31 heavy (non-hydrogen) atoms. The van der Waals surface area contributed by atoms with E-state index in [2.05, 4.69) is 22.2 Å². The monoisotopic (exact) mass is 437 g/mol. The van der Waals surface area contributed by atoms with E-state index in [1.807, 2.05) is 0 Å². The molecule has 0 spiro atoms. The number of carbonyl (C=O) groups excluding carboxylic acids is 1.